The van der Waals surface area contributed by atoms with Crippen LogP contribution < -0.4 is 15.1 Å². The molecule has 0 saturated carbocycles. The molecule has 2 heterocycles. The molecule has 31 heavy (non-hydrogen) atoms. The molecule has 2 amide bonds. The molecule has 4 rings (SSSR count). The number of hydrogen-bond donors (Lipinski definition) is 2. The van der Waals surface area contributed by atoms with Crippen molar-refractivity contribution in [3.63, 3.8) is 0 Å². The van der Waals surface area contributed by atoms with E-state index in [9.17, 15) is 19.5 Å². The van der Waals surface area contributed by atoms with Gasteiger partial charge in [0, 0.05) is 43.9 Å². The second kappa shape index (κ2) is 9.20. The molecule has 2 fully saturated rings. The van der Waals surface area contributed by atoms with Crippen LogP contribution in [0.5, 0.6) is 0 Å². The summed E-state index contributed by atoms with van der Waals surface area (Å²) in [5, 5.41) is 12.1. The minimum absolute atomic E-state index is 0.0807. The first-order chi connectivity index (χ1) is 15.0. The number of aliphatic carboxylic acids is 1. The lowest BCUT2D eigenvalue weighted by molar-refractivity contribution is -0.142. The second-order valence-electron chi connectivity index (χ2n) is 8.21. The van der Waals surface area contributed by atoms with Gasteiger partial charge in [0.1, 0.15) is 6.04 Å². The number of anilines is 2. The molecule has 2 aromatic carbocycles. The maximum absolute atomic E-state index is 12.7. The average molecular weight is 421 g/mol. The van der Waals surface area contributed by atoms with Crippen LogP contribution >= 0.6 is 0 Å². The van der Waals surface area contributed by atoms with E-state index < -0.39 is 23.8 Å². The van der Waals surface area contributed by atoms with Crippen molar-refractivity contribution in [1.29, 1.82) is 0 Å². The van der Waals surface area contributed by atoms with E-state index in [0.29, 0.717) is 0 Å². The molecule has 0 aliphatic carbocycles. The number of rotatable bonds is 7. The Morgan fingerprint density at radius 2 is 1.65 bits per heavy atom. The second-order valence-corrected chi connectivity index (χ2v) is 8.21. The van der Waals surface area contributed by atoms with Crippen LogP contribution in [0.1, 0.15) is 24.8 Å². The van der Waals surface area contributed by atoms with Gasteiger partial charge >= 0.3 is 5.97 Å². The van der Waals surface area contributed by atoms with E-state index in [0.717, 1.165) is 30.0 Å². The van der Waals surface area contributed by atoms with Crippen molar-refractivity contribution in [3.8, 4) is 0 Å². The van der Waals surface area contributed by atoms with Gasteiger partial charge in [0.2, 0.25) is 11.8 Å². The van der Waals surface area contributed by atoms with Gasteiger partial charge in [-0.15, -0.1) is 0 Å². The van der Waals surface area contributed by atoms with Crippen LogP contribution in [-0.2, 0) is 20.8 Å². The third-order valence-electron chi connectivity index (χ3n) is 6.03. The lowest BCUT2D eigenvalue weighted by Gasteiger charge is -2.21. The van der Waals surface area contributed by atoms with Crippen LogP contribution in [0.25, 0.3) is 0 Å². The Kier molecular flexibility index (Phi) is 6.21. The Hall–Kier alpha value is -3.35. The Morgan fingerprint density at radius 1 is 1.00 bits per heavy atom. The Balaban J connectivity index is 1.38. The van der Waals surface area contributed by atoms with Gasteiger partial charge < -0.3 is 20.2 Å². The van der Waals surface area contributed by atoms with E-state index in [4.69, 9.17) is 0 Å². The highest BCUT2D eigenvalue weighted by molar-refractivity contribution is 6.01. The smallest absolute Gasteiger partial charge is 0.326 e. The molecule has 2 aromatic rings. The zero-order chi connectivity index (χ0) is 21.8. The van der Waals surface area contributed by atoms with Gasteiger partial charge in [-0.3, -0.25) is 9.59 Å². The standard InChI is InChI=1S/C24H27N3O4/c28-22-15-18(23(29)25-21(24(30)31)14-17-6-2-1-3-7-17)16-27(22)20-10-8-19(9-11-20)26-12-4-5-13-26/h1-3,6-11,18,21H,4-5,12-16H2,(H,25,29)(H,30,31). The number of carboxylic acid groups (broad SMARTS) is 1. The van der Waals surface area contributed by atoms with E-state index in [-0.39, 0.29) is 25.3 Å². The van der Waals surface area contributed by atoms with Gasteiger partial charge in [-0.25, -0.2) is 4.79 Å². The third kappa shape index (κ3) is 4.87. The normalized spacial score (nSPS) is 19.5. The number of carboxylic acids is 1. The minimum atomic E-state index is -1.09. The summed E-state index contributed by atoms with van der Waals surface area (Å²) in [6.07, 6.45) is 2.68. The van der Waals surface area contributed by atoms with Gasteiger partial charge in [-0.2, -0.15) is 0 Å². The molecule has 2 atom stereocenters. The Labute approximate surface area is 181 Å². The van der Waals surface area contributed by atoms with Crippen LogP contribution in [0.3, 0.4) is 0 Å². The monoisotopic (exact) mass is 421 g/mol. The summed E-state index contributed by atoms with van der Waals surface area (Å²) in [4.78, 5) is 40.9. The van der Waals surface area contributed by atoms with E-state index in [1.807, 2.05) is 54.6 Å². The van der Waals surface area contributed by atoms with Crippen molar-refractivity contribution in [2.45, 2.75) is 31.7 Å². The average Bonchev–Trinajstić information content (AvgIpc) is 3.44. The molecule has 0 bridgehead atoms. The number of carbonyl (C=O) groups excluding carboxylic acids is 2. The van der Waals surface area contributed by atoms with Crippen molar-refractivity contribution < 1.29 is 19.5 Å². The highest BCUT2D eigenvalue weighted by atomic mass is 16.4. The molecular formula is C24H27N3O4. The van der Waals surface area contributed by atoms with E-state index in [2.05, 4.69) is 10.2 Å². The van der Waals surface area contributed by atoms with Crippen molar-refractivity contribution in [2.75, 3.05) is 29.4 Å². The van der Waals surface area contributed by atoms with Crippen LogP contribution in [0.15, 0.2) is 54.6 Å². The fourth-order valence-electron chi connectivity index (χ4n) is 4.29. The summed E-state index contributed by atoms with van der Waals surface area (Å²) in [6.45, 7) is 2.36. The fourth-order valence-corrected chi connectivity index (χ4v) is 4.29. The van der Waals surface area contributed by atoms with Crippen molar-refractivity contribution in [2.24, 2.45) is 5.92 Å². The maximum Gasteiger partial charge on any atom is 0.326 e. The molecule has 2 aliphatic rings. The predicted molar refractivity (Wildman–Crippen MR) is 118 cm³/mol. The molecule has 2 unspecified atom stereocenters. The third-order valence-corrected chi connectivity index (χ3v) is 6.03. The van der Waals surface area contributed by atoms with Gasteiger partial charge in [0.05, 0.1) is 5.92 Å². The number of benzene rings is 2. The quantitative estimate of drug-likeness (QED) is 0.717. The van der Waals surface area contributed by atoms with E-state index in [1.54, 1.807) is 4.90 Å². The molecule has 0 radical (unpaired) electrons. The molecule has 0 aromatic heterocycles. The lowest BCUT2D eigenvalue weighted by atomic mass is 10.0. The number of carbonyl (C=O) groups is 3. The highest BCUT2D eigenvalue weighted by Gasteiger charge is 2.36. The van der Waals surface area contributed by atoms with Gasteiger partial charge in [0.25, 0.3) is 0 Å². The Bertz CT molecular complexity index is 939. The fraction of sp³-hybridized carbons (Fsp3) is 0.375. The number of hydrogen-bond acceptors (Lipinski definition) is 4. The first-order valence-corrected chi connectivity index (χ1v) is 10.7. The zero-order valence-corrected chi connectivity index (χ0v) is 17.4. The SMILES string of the molecule is O=C(NC(Cc1ccccc1)C(=O)O)C1CC(=O)N(c2ccc(N3CCCC3)cc2)C1. The van der Waals surface area contributed by atoms with Gasteiger partial charge in [0.15, 0.2) is 0 Å². The molecule has 7 heteroatoms. The van der Waals surface area contributed by atoms with Crippen molar-refractivity contribution in [3.05, 3.63) is 60.2 Å². The maximum atomic E-state index is 12.7. The van der Waals surface area contributed by atoms with Crippen molar-refractivity contribution in [1.82, 2.24) is 5.32 Å². The summed E-state index contributed by atoms with van der Waals surface area (Å²) < 4.78 is 0. The van der Waals surface area contributed by atoms with Crippen LogP contribution in [-0.4, -0.2) is 48.6 Å². The van der Waals surface area contributed by atoms with E-state index >= 15 is 0 Å². The summed E-state index contributed by atoms with van der Waals surface area (Å²) in [5.74, 6) is -2.17. The van der Waals surface area contributed by atoms with Gasteiger partial charge in [-0.05, 0) is 42.7 Å². The molecule has 0 spiro atoms. The van der Waals surface area contributed by atoms with Crippen molar-refractivity contribution >= 4 is 29.2 Å². The summed E-state index contributed by atoms with van der Waals surface area (Å²) >= 11 is 0. The molecule has 2 N–H and O–H groups in total. The molecule has 162 valence electrons. The van der Waals surface area contributed by atoms with Crippen LogP contribution in [0.2, 0.25) is 0 Å². The minimum Gasteiger partial charge on any atom is -0.480 e. The molecule has 2 saturated heterocycles. The van der Waals surface area contributed by atoms with Crippen LogP contribution in [0.4, 0.5) is 11.4 Å². The topological polar surface area (TPSA) is 89.9 Å². The number of amides is 2. The molecule has 2 aliphatic heterocycles. The zero-order valence-electron chi connectivity index (χ0n) is 17.4. The molecular weight excluding hydrogens is 394 g/mol. The largest absolute Gasteiger partial charge is 0.480 e. The first kappa shape index (κ1) is 20.9. The summed E-state index contributed by atoms with van der Waals surface area (Å²) in [6, 6.07) is 16.0. The predicted octanol–water partition coefficient (Wildman–Crippen LogP) is 2.45. The van der Waals surface area contributed by atoms with E-state index in [1.165, 1.54) is 12.8 Å². The Morgan fingerprint density at radius 3 is 2.29 bits per heavy atom. The highest BCUT2D eigenvalue weighted by Crippen LogP contribution is 2.28. The van der Waals surface area contributed by atoms with Crippen LogP contribution in [0, 0.1) is 5.92 Å². The first-order valence-electron chi connectivity index (χ1n) is 10.7. The number of nitrogens with zero attached hydrogens (tertiary/aromatic N) is 2. The summed E-state index contributed by atoms with van der Waals surface area (Å²) in [7, 11) is 0. The van der Waals surface area contributed by atoms with Gasteiger partial charge in [-0.1, -0.05) is 30.3 Å². The lowest BCUT2D eigenvalue weighted by Crippen LogP contribution is -2.45. The number of nitrogens with one attached hydrogen (secondary N) is 1. The summed E-state index contributed by atoms with van der Waals surface area (Å²) in [5.41, 5.74) is 2.74. The molecule has 7 nitrogen and oxygen atoms in total.